The Hall–Kier alpha value is -6.89. The zero-order valence-corrected chi connectivity index (χ0v) is 85.5. The molecule has 0 heterocycles. The van der Waals surface area contributed by atoms with Gasteiger partial charge in [-0.1, -0.05) is 218 Å². The molecule has 40 heteroatoms. The summed E-state index contributed by atoms with van der Waals surface area (Å²) in [5, 5.41) is 33.3. The number of benzene rings is 12. The van der Waals surface area contributed by atoms with Crippen LogP contribution in [0.15, 0.2) is 364 Å². The van der Waals surface area contributed by atoms with E-state index in [-0.39, 0.29) is 39.0 Å². The number of halogens is 12. The van der Waals surface area contributed by atoms with Gasteiger partial charge in [0.2, 0.25) is 0 Å². The van der Waals surface area contributed by atoms with Gasteiger partial charge < -0.3 is 18.2 Å². The molecule has 0 saturated carbocycles. The summed E-state index contributed by atoms with van der Waals surface area (Å²) in [7, 11) is -30.6. The minimum absolute atomic E-state index is 0. The van der Waals surface area contributed by atoms with E-state index in [0.29, 0.717) is 0 Å². The SMILES string of the molecule is CC#N.CC#N.O=S(=O)([O-])C(F)(F)F.O=S(=O)([O-])C(F)(F)F.O=S(=O)([O-])C(F)(F)F.O=S(=O)([O-])C(F)(F)F.[Ru+2].[Ru+2].c1ccc([PH+](CC[PH+](CC[PH+](c2ccccc2)c2ccccc2)CC[PH+](c2ccccc2)c2ccccc2)c2ccccc2)cc1.c1ccc([PH+](CC[PH+](CC[PH+](c2ccccc2)c2ccccc2)CC[PH+](c2ccccc2)c2ccccc2)c2ccccc2)cc1. The average molecular weight is 2230 g/mol. The van der Waals surface area contributed by atoms with E-state index < -0.39 is 126 Å². The monoisotopic (exact) mass is 2230 g/mol. The van der Waals surface area contributed by atoms with E-state index in [1.807, 2.05) is 0 Å². The van der Waals surface area contributed by atoms with Crippen LogP contribution < -0.4 is 63.7 Å². The molecule has 0 N–H and O–H groups in total. The summed E-state index contributed by atoms with van der Waals surface area (Å²) in [6, 6.07) is 140. The molecule has 0 atom stereocenters. The molecule has 0 spiro atoms. The normalized spacial score (nSPS) is 11.5. The molecule has 132 heavy (non-hydrogen) atoms. The van der Waals surface area contributed by atoms with Crippen molar-refractivity contribution in [1.29, 1.82) is 10.5 Å². The van der Waals surface area contributed by atoms with Gasteiger partial charge in [-0.2, -0.15) is 63.2 Å². The van der Waals surface area contributed by atoms with Gasteiger partial charge in [-0.3, -0.25) is 0 Å². The first kappa shape index (κ1) is 119. The van der Waals surface area contributed by atoms with Crippen LogP contribution in [-0.2, 0) is 79.4 Å². The van der Waals surface area contributed by atoms with Crippen LogP contribution in [0, 0.1) is 22.7 Å². The zero-order chi connectivity index (χ0) is 95.9. The summed E-state index contributed by atoms with van der Waals surface area (Å²) in [6.45, 7) is 2.86. The molecule has 14 nitrogen and oxygen atoms in total. The fourth-order valence-corrected chi connectivity index (χ4v) is 41.6. The molecule has 12 aromatic carbocycles. The maximum atomic E-state index is 10.7. The second-order valence-corrected chi connectivity index (χ2v) is 55.0. The molecule has 0 unspecified atom stereocenters. The summed E-state index contributed by atoms with van der Waals surface area (Å²) in [4.78, 5) is 0. The Kier molecular flexibility index (Phi) is 55.4. The standard InChI is InChI=1S/2C42H42P4.2C2H3N.4CHF3O3S.2Ru/c2*1-7-19-37(20-8-1)44(38-21-9-2-10-22-38)34-31-43(32-35-45(39-23-11-3-12-24-39)40-25-13-4-14-26-40)33-36-46(41-27-15-5-16-28-41)42-29-17-6-18-30-42;2*1-2-3;4*2-1(3,4)8(5,6)7;;/h2*1-30H,31-36H2;2*1H3;4*(H,5,6,7);;/q;;;;;;;;2*+2/p+4. The minimum Gasteiger partial charge on any atom is -0.741 e. The number of alkyl halides is 12. The van der Waals surface area contributed by atoms with Gasteiger partial charge in [0.15, 0.2) is 40.5 Å². The third-order valence-corrected chi connectivity index (χ3v) is 46.8. The summed E-state index contributed by atoms with van der Waals surface area (Å²) >= 11 is 0. The third kappa shape index (κ3) is 44.5. The second-order valence-electron chi connectivity index (χ2n) is 27.8. The van der Waals surface area contributed by atoms with Crippen molar-refractivity contribution in [2.75, 3.05) is 73.9 Å². The predicted molar refractivity (Wildman–Crippen MR) is 523 cm³/mol. The fourth-order valence-electron chi connectivity index (χ4n) is 13.0. The van der Waals surface area contributed by atoms with Gasteiger partial charge in [-0.25, -0.2) is 33.7 Å². The number of hydrogen-bond donors (Lipinski definition) is 0. The predicted octanol–water partition coefficient (Wildman–Crippen LogP) is 16.9. The largest absolute Gasteiger partial charge is 2.00 e. The van der Waals surface area contributed by atoms with Crippen molar-refractivity contribution in [2.24, 2.45) is 0 Å². The number of rotatable bonds is 30. The first-order valence-electron chi connectivity index (χ1n) is 39.7. The molecular weight excluding hydrogens is 2130 g/mol. The molecule has 0 aliphatic carbocycles. The van der Waals surface area contributed by atoms with Gasteiger partial charge in [0.1, 0.15) is 0 Å². The molecule has 704 valence electrons. The Morgan fingerprint density at radius 1 is 0.205 bits per heavy atom. The average Bonchev–Trinajstić information content (AvgIpc) is 0.841. The molecule has 12 aromatic rings. The molecule has 0 saturated heterocycles. The van der Waals surface area contributed by atoms with Crippen molar-refractivity contribution in [3.8, 4) is 12.1 Å². The zero-order valence-electron chi connectivity index (χ0n) is 70.8. The Morgan fingerprint density at radius 3 is 0.333 bits per heavy atom. The van der Waals surface area contributed by atoms with Gasteiger partial charge in [0, 0.05) is 29.7 Å². The summed E-state index contributed by atoms with van der Waals surface area (Å²) in [5.74, 6) is 0. The van der Waals surface area contributed by atoms with Gasteiger partial charge in [-0.15, -0.1) is 0 Å². The number of nitrogens with zero attached hydrogens (tertiary/aromatic N) is 2. The van der Waals surface area contributed by atoms with Crippen LogP contribution in [0.4, 0.5) is 52.7 Å². The van der Waals surface area contributed by atoms with Crippen LogP contribution in [-0.4, -0.2) is 148 Å². The molecule has 0 fully saturated rings. The minimum atomic E-state index is -6.09. The van der Waals surface area contributed by atoms with Crippen LogP contribution >= 0.6 is 63.4 Å². The van der Waals surface area contributed by atoms with E-state index in [1.54, 1.807) is 75.8 Å². The van der Waals surface area contributed by atoms with Crippen LogP contribution in [0.3, 0.4) is 0 Å². The molecule has 0 amide bonds. The van der Waals surface area contributed by atoms with Crippen molar-refractivity contribution in [3.05, 3.63) is 364 Å². The summed E-state index contributed by atoms with van der Waals surface area (Å²) < 4.78 is 236. The quantitative estimate of drug-likeness (QED) is 0.0133. The molecular formula is C92H98F12N2O12P8Ru2S4+8. The van der Waals surface area contributed by atoms with Crippen LogP contribution in [0.25, 0.3) is 0 Å². The Balaban J connectivity index is 0.000000483. The van der Waals surface area contributed by atoms with Crippen LogP contribution in [0.5, 0.6) is 0 Å². The fraction of sp³-hybridized carbons (Fsp3) is 0.196. The first-order valence-corrected chi connectivity index (χ1v) is 59.8. The molecule has 0 aromatic heterocycles. The molecule has 0 aliphatic rings. The first-order chi connectivity index (χ1) is 61.5. The van der Waals surface area contributed by atoms with Gasteiger partial charge in [0.05, 0.1) is 197 Å². The van der Waals surface area contributed by atoms with Crippen LogP contribution in [0.2, 0.25) is 0 Å². The topological polar surface area (TPSA) is 276 Å². The van der Waals surface area contributed by atoms with E-state index in [2.05, 4.69) is 364 Å². The number of hydrogen-bond acceptors (Lipinski definition) is 14. The van der Waals surface area contributed by atoms with E-state index in [1.165, 1.54) is 87.8 Å². The van der Waals surface area contributed by atoms with Gasteiger partial charge in [-0.05, 0) is 146 Å². The Bertz CT molecular complexity index is 4670. The van der Waals surface area contributed by atoms with Crippen molar-refractivity contribution < 1.29 is 144 Å². The second kappa shape index (κ2) is 61.3. The molecule has 12 rings (SSSR count). The third-order valence-electron chi connectivity index (χ3n) is 19.0. The molecule has 0 bridgehead atoms. The Labute approximate surface area is 800 Å². The van der Waals surface area contributed by atoms with E-state index in [4.69, 9.17) is 62.4 Å². The van der Waals surface area contributed by atoms with E-state index >= 15 is 0 Å². The van der Waals surface area contributed by atoms with Crippen molar-refractivity contribution in [3.63, 3.8) is 0 Å². The van der Waals surface area contributed by atoms with Crippen molar-refractivity contribution in [2.45, 2.75) is 35.9 Å². The maximum absolute atomic E-state index is 10.7. The summed E-state index contributed by atoms with van der Waals surface area (Å²) in [6.07, 6.45) is 16.3. The number of nitriles is 2. The van der Waals surface area contributed by atoms with Gasteiger partial charge in [0.25, 0.3) is 0 Å². The van der Waals surface area contributed by atoms with E-state index in [9.17, 15) is 52.7 Å². The molecule has 0 radical (unpaired) electrons. The van der Waals surface area contributed by atoms with Crippen LogP contribution in [0.1, 0.15) is 13.8 Å². The summed E-state index contributed by atoms with van der Waals surface area (Å²) in [5.41, 5.74) is -22.6. The van der Waals surface area contributed by atoms with E-state index in [0.717, 1.165) is 0 Å². The smallest absolute Gasteiger partial charge is 0.741 e. The maximum Gasteiger partial charge on any atom is 2.00 e. The van der Waals surface area contributed by atoms with Crippen molar-refractivity contribution in [1.82, 2.24) is 0 Å². The Morgan fingerprint density at radius 2 is 0.273 bits per heavy atom. The van der Waals surface area contributed by atoms with Gasteiger partial charge >= 0.3 is 61.0 Å². The van der Waals surface area contributed by atoms with Crippen molar-refractivity contribution >= 4 is 167 Å². The molecule has 0 aliphatic heterocycles.